The summed E-state index contributed by atoms with van der Waals surface area (Å²) < 4.78 is 51.8. The number of ether oxygens (including phenoxy) is 3. The molecule has 1 amide bonds. The summed E-state index contributed by atoms with van der Waals surface area (Å²) in [6, 6.07) is 13.3. The summed E-state index contributed by atoms with van der Waals surface area (Å²) in [6.07, 6.45) is 4.19. The third kappa shape index (κ3) is 8.90. The molecule has 4 fully saturated rings. The molecule has 2 saturated heterocycles. The summed E-state index contributed by atoms with van der Waals surface area (Å²) in [7, 11) is 0. The van der Waals surface area contributed by atoms with Gasteiger partial charge in [-0.15, -0.1) is 0 Å². The summed E-state index contributed by atoms with van der Waals surface area (Å²) in [5.74, 6) is 0.895. The minimum Gasteiger partial charge on any atom is -0.446 e. The fourth-order valence-electron chi connectivity index (χ4n) is 6.44. The van der Waals surface area contributed by atoms with Crippen LogP contribution in [-0.2, 0) is 14.2 Å². The average molecular weight is 659 g/mol. The van der Waals surface area contributed by atoms with Crippen LogP contribution in [0.5, 0.6) is 0 Å². The Morgan fingerprint density at radius 3 is 2.70 bits per heavy atom. The Hall–Kier alpha value is -2.93. The normalized spacial score (nSPS) is 25.2. The van der Waals surface area contributed by atoms with E-state index in [-0.39, 0.29) is 30.7 Å². The van der Waals surface area contributed by atoms with Crippen molar-refractivity contribution in [2.24, 2.45) is 17.8 Å². The smallest absolute Gasteiger partial charge is 0.407 e. The third-order valence-electron chi connectivity index (χ3n) is 8.76. The van der Waals surface area contributed by atoms with Crippen LogP contribution in [0, 0.1) is 30.5 Å². The number of nitrogens with zero attached hydrogens (tertiary/aromatic N) is 2. The van der Waals surface area contributed by atoms with Crippen LogP contribution in [-0.4, -0.2) is 72.3 Å². The summed E-state index contributed by atoms with van der Waals surface area (Å²) in [6.45, 7) is 7.69. The number of oxazole rings is 1. The Labute approximate surface area is 273 Å². The van der Waals surface area contributed by atoms with Crippen molar-refractivity contribution in [1.82, 2.24) is 14.6 Å². The highest BCUT2D eigenvalue weighted by molar-refractivity contribution is 7.97. The highest BCUT2D eigenvalue weighted by Crippen LogP contribution is 2.50. The first-order valence-corrected chi connectivity index (χ1v) is 17.1. The van der Waals surface area contributed by atoms with Gasteiger partial charge in [-0.3, -0.25) is 0 Å². The van der Waals surface area contributed by atoms with Crippen molar-refractivity contribution in [1.29, 1.82) is 0 Å². The van der Waals surface area contributed by atoms with Crippen LogP contribution in [0.25, 0.3) is 11.1 Å². The lowest BCUT2D eigenvalue weighted by Crippen LogP contribution is -2.35. The average Bonchev–Trinajstić information content (AvgIpc) is 3.40. The second kappa shape index (κ2) is 14.5. The Bertz CT molecular complexity index is 1440. The van der Waals surface area contributed by atoms with E-state index in [9.17, 15) is 13.6 Å². The van der Waals surface area contributed by atoms with Crippen LogP contribution in [0.2, 0.25) is 0 Å². The Balaban J connectivity index is 0.000000407. The number of carbonyl (C=O) groups is 1. The van der Waals surface area contributed by atoms with Gasteiger partial charge in [0.2, 0.25) is 0 Å². The topological polar surface area (TPSA) is 98.1 Å². The van der Waals surface area contributed by atoms with Crippen LogP contribution < -0.4 is 10.6 Å². The molecule has 2 saturated carbocycles. The highest BCUT2D eigenvalue weighted by Gasteiger charge is 2.55. The molecular formula is C34H44F2N4O5S. The van der Waals surface area contributed by atoms with E-state index in [0.717, 1.165) is 41.7 Å². The van der Waals surface area contributed by atoms with Gasteiger partial charge in [-0.05, 0) is 101 Å². The van der Waals surface area contributed by atoms with Gasteiger partial charge in [-0.2, -0.15) is 4.98 Å². The number of halogens is 2. The van der Waals surface area contributed by atoms with E-state index in [4.69, 9.17) is 18.6 Å². The van der Waals surface area contributed by atoms with E-state index in [0.29, 0.717) is 62.2 Å². The zero-order valence-corrected chi connectivity index (χ0v) is 27.5. The Morgan fingerprint density at radius 1 is 1.15 bits per heavy atom. The van der Waals surface area contributed by atoms with Gasteiger partial charge in [-0.25, -0.2) is 17.9 Å². The second-order valence-corrected chi connectivity index (χ2v) is 14.5. The van der Waals surface area contributed by atoms with Crippen LogP contribution in [0.4, 0.5) is 19.6 Å². The van der Waals surface area contributed by atoms with Gasteiger partial charge in [0.05, 0.1) is 13.2 Å². The predicted octanol–water partition coefficient (Wildman–Crippen LogP) is 7.11. The number of fused-ring (bicyclic) bond motifs is 1. The van der Waals surface area contributed by atoms with Gasteiger partial charge in [0.25, 0.3) is 6.01 Å². The Morgan fingerprint density at radius 2 is 1.96 bits per heavy atom. The molecule has 0 bridgehead atoms. The van der Waals surface area contributed by atoms with Crippen LogP contribution in [0.3, 0.4) is 0 Å². The maximum absolute atomic E-state index is 14.6. The number of alkyl carbamates (subject to hydrolysis) is 1. The molecule has 9 nitrogen and oxygen atoms in total. The summed E-state index contributed by atoms with van der Waals surface area (Å²) in [5.41, 5.74) is 1.23. The number of benzene rings is 2. The number of anilines is 1. The largest absolute Gasteiger partial charge is 0.446 e. The maximum atomic E-state index is 14.6. The number of aryl methyl sites for hydroxylation is 1. The number of alkyl halides is 1. The Kier molecular flexibility index (Phi) is 10.4. The van der Waals surface area contributed by atoms with Crippen molar-refractivity contribution in [3.63, 3.8) is 0 Å². The van der Waals surface area contributed by atoms with E-state index in [1.165, 1.54) is 24.1 Å². The quantitative estimate of drug-likeness (QED) is 0.165. The summed E-state index contributed by atoms with van der Waals surface area (Å²) in [4.78, 5) is 18.0. The minimum absolute atomic E-state index is 0.123. The third-order valence-corrected chi connectivity index (χ3v) is 9.80. The van der Waals surface area contributed by atoms with Crippen molar-refractivity contribution >= 4 is 35.2 Å². The molecule has 2 N–H and O–H groups in total. The van der Waals surface area contributed by atoms with E-state index < -0.39 is 11.8 Å². The number of nitrogens with one attached hydrogen (secondary N) is 2. The molecule has 250 valence electrons. The predicted molar refractivity (Wildman–Crippen MR) is 173 cm³/mol. The number of amides is 1. The van der Waals surface area contributed by atoms with Gasteiger partial charge < -0.3 is 29.3 Å². The number of hydrogen-bond donors (Lipinski definition) is 2. The zero-order valence-electron chi connectivity index (χ0n) is 26.7. The number of hydrogen-bond acceptors (Lipinski definition) is 9. The number of aromatic nitrogens is 1. The van der Waals surface area contributed by atoms with E-state index in [2.05, 4.69) is 15.6 Å². The van der Waals surface area contributed by atoms with Crippen molar-refractivity contribution in [3.8, 4) is 0 Å². The van der Waals surface area contributed by atoms with Gasteiger partial charge in [-0.1, -0.05) is 17.7 Å². The van der Waals surface area contributed by atoms with Gasteiger partial charge in [0.15, 0.2) is 11.9 Å². The molecule has 12 heteroatoms. The molecule has 7 rings (SSSR count). The maximum Gasteiger partial charge on any atom is 0.407 e. The standard InChI is InChI=1S/C27H37FN4O5S.C7H7F/c1-27(2,28)15-32(38-18-6-7-20-22(13-18)36-25(31-20)30-17-4-5-17)10-3-9-29-26(33)37-21-12-16-8-11-34-24-23(16)19(21)14-35-24;1-6-2-4-7(8)5-3-6/h6-7,13,16-17,19,21,23-24H,3-5,8-12,14-15H2,1-2H3,(H,29,33)(H,30,31);2-5H,1H3. The first-order chi connectivity index (χ1) is 22.1. The molecule has 5 unspecified atom stereocenters. The van der Waals surface area contributed by atoms with E-state index >= 15 is 0 Å². The highest BCUT2D eigenvalue weighted by atomic mass is 32.2. The monoisotopic (exact) mass is 658 g/mol. The lowest BCUT2D eigenvalue weighted by molar-refractivity contribution is -0.164. The van der Waals surface area contributed by atoms with Crippen molar-refractivity contribution in [3.05, 3.63) is 53.8 Å². The molecule has 2 aromatic carbocycles. The van der Waals surface area contributed by atoms with Gasteiger partial charge >= 0.3 is 6.09 Å². The molecule has 46 heavy (non-hydrogen) atoms. The molecule has 2 aliphatic heterocycles. The lowest BCUT2D eigenvalue weighted by atomic mass is 9.87. The van der Waals surface area contributed by atoms with Crippen LogP contribution in [0.15, 0.2) is 51.8 Å². The van der Waals surface area contributed by atoms with Gasteiger partial charge in [0.1, 0.15) is 23.1 Å². The summed E-state index contributed by atoms with van der Waals surface area (Å²) in [5, 5.41) is 6.17. The molecular weight excluding hydrogens is 614 g/mol. The molecule has 5 atom stereocenters. The van der Waals surface area contributed by atoms with Crippen molar-refractivity contribution in [2.45, 2.75) is 81.9 Å². The fourth-order valence-corrected chi connectivity index (χ4v) is 7.62. The SMILES string of the molecule is CC(C)(F)CN(CCCNC(=O)OC1CC2CCOC3OCC1C23)Sc1ccc2nc(NC3CC3)oc2c1.Cc1ccc(F)cc1. The number of rotatable bonds is 11. The summed E-state index contributed by atoms with van der Waals surface area (Å²) >= 11 is 1.49. The first kappa shape index (κ1) is 33.0. The molecule has 1 aromatic heterocycles. The molecule has 0 spiro atoms. The molecule has 4 aliphatic rings. The van der Waals surface area contributed by atoms with Crippen molar-refractivity contribution in [2.75, 3.05) is 38.2 Å². The fraction of sp³-hybridized carbons (Fsp3) is 0.588. The molecule has 0 radical (unpaired) electrons. The van der Waals surface area contributed by atoms with E-state index in [1.807, 2.05) is 29.4 Å². The second-order valence-electron chi connectivity index (χ2n) is 13.4. The van der Waals surface area contributed by atoms with Crippen LogP contribution >= 0.6 is 11.9 Å². The van der Waals surface area contributed by atoms with E-state index in [1.54, 1.807) is 26.0 Å². The van der Waals surface area contributed by atoms with Crippen LogP contribution in [0.1, 0.15) is 51.5 Å². The lowest BCUT2D eigenvalue weighted by Gasteiger charge is -2.29. The molecule has 2 aliphatic carbocycles. The molecule has 3 aromatic rings. The minimum atomic E-state index is -1.36. The van der Waals surface area contributed by atoms with Crippen molar-refractivity contribution < 1.29 is 32.2 Å². The zero-order chi connectivity index (χ0) is 32.3. The molecule has 3 heterocycles. The van der Waals surface area contributed by atoms with Gasteiger partial charge in [0, 0.05) is 42.4 Å². The first-order valence-electron chi connectivity index (χ1n) is 16.3. The number of carbonyl (C=O) groups excluding carboxylic acids is 1.